The number of rotatable bonds is 5. The van der Waals surface area contributed by atoms with E-state index in [-0.39, 0.29) is 30.0 Å². The number of aromatic nitrogens is 5. The molecule has 35 heavy (non-hydrogen) atoms. The minimum atomic E-state index is -4.48. The Morgan fingerprint density at radius 2 is 1.80 bits per heavy atom. The highest BCUT2D eigenvalue weighted by molar-refractivity contribution is 5.92. The van der Waals surface area contributed by atoms with Crippen molar-refractivity contribution in [3.8, 4) is 5.82 Å². The summed E-state index contributed by atoms with van der Waals surface area (Å²) in [7, 11) is 0. The van der Waals surface area contributed by atoms with Gasteiger partial charge < -0.3 is 9.80 Å². The number of aryl methyl sites for hydroxylation is 1. The fourth-order valence-electron chi connectivity index (χ4n) is 4.40. The number of hydrogen-bond donors (Lipinski definition) is 0. The minimum Gasteiger partial charge on any atom is -0.354 e. The van der Waals surface area contributed by atoms with Gasteiger partial charge in [0.1, 0.15) is 23.5 Å². The molecule has 2 aliphatic rings. The third-order valence-corrected chi connectivity index (χ3v) is 6.37. The molecule has 0 radical (unpaired) electrons. The van der Waals surface area contributed by atoms with Crippen LogP contribution in [0, 0.1) is 6.92 Å². The summed E-state index contributed by atoms with van der Waals surface area (Å²) in [5.41, 5.74) is -0.716. The molecule has 1 aliphatic carbocycles. The first-order valence-corrected chi connectivity index (χ1v) is 11.3. The third-order valence-electron chi connectivity index (χ3n) is 6.37. The van der Waals surface area contributed by atoms with Gasteiger partial charge in [-0.3, -0.25) is 9.36 Å². The molecule has 1 amide bonds. The van der Waals surface area contributed by atoms with Crippen LogP contribution >= 0.6 is 0 Å². The predicted octanol–water partition coefficient (Wildman–Crippen LogP) is 3.61. The predicted molar refractivity (Wildman–Crippen MR) is 118 cm³/mol. The molecular formula is C23H23F4N7O. The van der Waals surface area contributed by atoms with E-state index in [0.717, 1.165) is 30.9 Å². The number of pyridine rings is 1. The van der Waals surface area contributed by atoms with Crippen LogP contribution < -0.4 is 4.90 Å². The number of halogens is 4. The molecule has 0 N–H and O–H groups in total. The van der Waals surface area contributed by atoms with Gasteiger partial charge in [-0.05, 0) is 38.3 Å². The van der Waals surface area contributed by atoms with Crippen LogP contribution in [-0.4, -0.2) is 66.7 Å². The number of alkyl halides is 4. The van der Waals surface area contributed by atoms with E-state index in [0.29, 0.717) is 18.8 Å². The first-order valence-electron chi connectivity index (χ1n) is 11.3. The number of imidazole rings is 1. The van der Waals surface area contributed by atoms with Gasteiger partial charge in [0.15, 0.2) is 5.82 Å². The van der Waals surface area contributed by atoms with Crippen molar-refractivity contribution in [3.63, 3.8) is 0 Å². The molecule has 1 saturated heterocycles. The molecule has 2 atom stereocenters. The van der Waals surface area contributed by atoms with Gasteiger partial charge in [-0.1, -0.05) is 0 Å². The average Bonchev–Trinajstić information content (AvgIpc) is 3.59. The Hall–Kier alpha value is -3.57. The summed E-state index contributed by atoms with van der Waals surface area (Å²) in [6.45, 7) is 2.12. The first-order chi connectivity index (χ1) is 16.7. The molecule has 1 aliphatic heterocycles. The molecular weight excluding hydrogens is 466 g/mol. The highest BCUT2D eigenvalue weighted by atomic mass is 19.4. The maximum atomic E-state index is 15.4. The lowest BCUT2D eigenvalue weighted by molar-refractivity contribution is -0.137. The lowest BCUT2D eigenvalue weighted by Crippen LogP contribution is -2.55. The number of hydrogen-bond acceptors (Lipinski definition) is 6. The highest BCUT2D eigenvalue weighted by Crippen LogP contribution is 2.35. The maximum Gasteiger partial charge on any atom is 0.417 e. The molecule has 184 valence electrons. The molecule has 8 nitrogen and oxygen atoms in total. The SMILES string of the molecule is Cc1nccn1-c1cnc(C(=O)N(C2CC2)[C@@H]2CCN(c3ccc(C(F)(F)F)cn3)C[C@@H]2F)cn1. The van der Waals surface area contributed by atoms with Crippen LogP contribution in [-0.2, 0) is 6.18 Å². The summed E-state index contributed by atoms with van der Waals surface area (Å²) in [5, 5.41) is 0. The highest BCUT2D eigenvalue weighted by Gasteiger charge is 2.44. The standard InChI is InChI=1S/C23H23F4N7O/c1-14-28-7-9-33(14)21-12-29-18(11-31-21)22(35)34(16-3-4-16)19-6-8-32(13-17(19)24)20-5-2-15(10-30-20)23(25,26)27/h2,5,7,9-12,16-17,19H,3-4,6,8,13H2,1H3/t17-,19+/m0/s1. The Balaban J connectivity index is 1.29. The molecule has 0 bridgehead atoms. The first kappa shape index (κ1) is 23.2. The third kappa shape index (κ3) is 4.69. The second-order valence-electron chi connectivity index (χ2n) is 8.77. The van der Waals surface area contributed by atoms with Crippen LogP contribution in [0.4, 0.5) is 23.4 Å². The lowest BCUT2D eigenvalue weighted by Gasteiger charge is -2.41. The molecule has 5 rings (SSSR count). The Kier molecular flexibility index (Phi) is 5.89. The fraction of sp³-hybridized carbons (Fsp3) is 0.435. The monoisotopic (exact) mass is 489 g/mol. The van der Waals surface area contributed by atoms with Crippen molar-refractivity contribution in [1.82, 2.24) is 29.4 Å². The Labute approximate surface area is 198 Å². The van der Waals surface area contributed by atoms with E-state index >= 15 is 4.39 Å². The Bertz CT molecular complexity index is 1190. The van der Waals surface area contributed by atoms with E-state index in [1.165, 1.54) is 18.5 Å². The molecule has 2 fully saturated rings. The van der Waals surface area contributed by atoms with E-state index < -0.39 is 24.0 Å². The van der Waals surface area contributed by atoms with E-state index in [1.54, 1.807) is 26.8 Å². The topological polar surface area (TPSA) is 80.0 Å². The second-order valence-corrected chi connectivity index (χ2v) is 8.77. The smallest absolute Gasteiger partial charge is 0.354 e. The van der Waals surface area contributed by atoms with E-state index in [1.807, 2.05) is 6.92 Å². The molecule has 3 aromatic rings. The number of carbonyl (C=O) groups is 1. The van der Waals surface area contributed by atoms with Crippen LogP contribution in [0.1, 0.15) is 41.1 Å². The Morgan fingerprint density at radius 1 is 1.03 bits per heavy atom. The maximum absolute atomic E-state index is 15.4. The van der Waals surface area contributed by atoms with Gasteiger partial charge in [-0.25, -0.2) is 24.3 Å². The van der Waals surface area contributed by atoms with Gasteiger partial charge in [0.25, 0.3) is 5.91 Å². The van der Waals surface area contributed by atoms with Crippen LogP contribution in [0.3, 0.4) is 0 Å². The van der Waals surface area contributed by atoms with Crippen LogP contribution in [0.25, 0.3) is 5.82 Å². The van der Waals surface area contributed by atoms with Crippen molar-refractivity contribution in [2.45, 2.75) is 50.6 Å². The van der Waals surface area contributed by atoms with Gasteiger partial charge in [0.05, 0.1) is 30.5 Å². The number of nitrogens with zero attached hydrogens (tertiary/aromatic N) is 7. The molecule has 1 saturated carbocycles. The summed E-state index contributed by atoms with van der Waals surface area (Å²) in [5.74, 6) is 1.16. The summed E-state index contributed by atoms with van der Waals surface area (Å²) in [6, 6.07) is 1.48. The van der Waals surface area contributed by atoms with Gasteiger partial charge in [-0.2, -0.15) is 13.2 Å². The zero-order valence-electron chi connectivity index (χ0n) is 18.9. The van der Waals surface area contributed by atoms with Crippen molar-refractivity contribution in [2.75, 3.05) is 18.0 Å². The van der Waals surface area contributed by atoms with E-state index in [9.17, 15) is 18.0 Å². The summed E-state index contributed by atoms with van der Waals surface area (Å²) in [6.07, 6.45) is 3.04. The number of piperidine rings is 1. The molecule has 0 aromatic carbocycles. The molecule has 4 heterocycles. The van der Waals surface area contributed by atoms with E-state index in [4.69, 9.17) is 0 Å². The van der Waals surface area contributed by atoms with Gasteiger partial charge >= 0.3 is 6.18 Å². The average molecular weight is 489 g/mol. The summed E-state index contributed by atoms with van der Waals surface area (Å²) in [4.78, 5) is 33.1. The minimum absolute atomic E-state index is 0.0566. The zero-order chi connectivity index (χ0) is 24.7. The second kappa shape index (κ2) is 8.90. The molecule has 0 unspecified atom stereocenters. The number of anilines is 1. The number of carbonyl (C=O) groups excluding carboxylic acids is 1. The zero-order valence-corrected chi connectivity index (χ0v) is 18.9. The summed E-state index contributed by atoms with van der Waals surface area (Å²) < 4.78 is 55.5. The van der Waals surface area contributed by atoms with Crippen molar-refractivity contribution in [1.29, 1.82) is 0 Å². The molecule has 3 aromatic heterocycles. The normalized spacial score (nSPS) is 20.7. The van der Waals surface area contributed by atoms with Crippen LogP contribution in [0.15, 0.2) is 43.1 Å². The van der Waals surface area contributed by atoms with Crippen molar-refractivity contribution >= 4 is 11.7 Å². The van der Waals surface area contributed by atoms with Crippen molar-refractivity contribution in [2.24, 2.45) is 0 Å². The van der Waals surface area contributed by atoms with Gasteiger partial charge in [-0.15, -0.1) is 0 Å². The van der Waals surface area contributed by atoms with Crippen LogP contribution in [0.5, 0.6) is 0 Å². The molecule has 12 heteroatoms. The number of amides is 1. The van der Waals surface area contributed by atoms with Crippen molar-refractivity contribution in [3.05, 3.63) is 60.2 Å². The van der Waals surface area contributed by atoms with Gasteiger partial charge in [0, 0.05) is 31.2 Å². The molecule has 0 spiro atoms. The Morgan fingerprint density at radius 3 is 2.34 bits per heavy atom. The fourth-order valence-corrected chi connectivity index (χ4v) is 4.40. The lowest BCUT2D eigenvalue weighted by atomic mass is 10.00. The largest absolute Gasteiger partial charge is 0.417 e. The van der Waals surface area contributed by atoms with E-state index in [2.05, 4.69) is 19.9 Å². The summed E-state index contributed by atoms with van der Waals surface area (Å²) >= 11 is 0. The van der Waals surface area contributed by atoms with Gasteiger partial charge in [0.2, 0.25) is 0 Å². The quantitative estimate of drug-likeness (QED) is 0.510. The van der Waals surface area contributed by atoms with Crippen molar-refractivity contribution < 1.29 is 22.4 Å². The van der Waals surface area contributed by atoms with Crippen LogP contribution in [0.2, 0.25) is 0 Å².